The van der Waals surface area contributed by atoms with Gasteiger partial charge in [0.1, 0.15) is 11.3 Å². The van der Waals surface area contributed by atoms with Gasteiger partial charge in [-0.1, -0.05) is 19.9 Å². The van der Waals surface area contributed by atoms with E-state index in [0.717, 1.165) is 11.3 Å². The Balaban J connectivity index is 1.87. The van der Waals surface area contributed by atoms with E-state index in [0.29, 0.717) is 11.5 Å². The van der Waals surface area contributed by atoms with Gasteiger partial charge in [0.15, 0.2) is 0 Å². The van der Waals surface area contributed by atoms with Crippen molar-refractivity contribution >= 4 is 5.91 Å². The molecule has 0 saturated heterocycles. The van der Waals surface area contributed by atoms with E-state index in [1.807, 2.05) is 32.9 Å². The summed E-state index contributed by atoms with van der Waals surface area (Å²) in [5, 5.41) is 2.94. The molecule has 0 radical (unpaired) electrons. The van der Waals surface area contributed by atoms with Crippen LogP contribution in [-0.2, 0) is 0 Å². The number of nitrogens with zero attached hydrogens (tertiary/aromatic N) is 1. The van der Waals surface area contributed by atoms with Gasteiger partial charge < -0.3 is 14.7 Å². The number of amides is 1. The molecule has 3 aromatic heterocycles. The fourth-order valence-corrected chi connectivity index (χ4v) is 2.82. The predicted octanol–water partition coefficient (Wildman–Crippen LogP) is 3.47. The van der Waals surface area contributed by atoms with Crippen molar-refractivity contribution in [3.63, 3.8) is 0 Å². The van der Waals surface area contributed by atoms with Crippen LogP contribution in [0.2, 0.25) is 0 Å². The number of nitrogens with one attached hydrogen (secondary N) is 2. The smallest absolute Gasteiger partial charge is 0.261 e. The molecular formula is C20H21N3O3. The van der Waals surface area contributed by atoms with Crippen molar-refractivity contribution in [2.75, 3.05) is 0 Å². The number of aryl methyl sites for hydroxylation is 1. The van der Waals surface area contributed by atoms with Crippen LogP contribution in [0, 0.1) is 12.8 Å². The van der Waals surface area contributed by atoms with Crippen LogP contribution in [0.1, 0.15) is 41.5 Å². The molecule has 1 amide bonds. The summed E-state index contributed by atoms with van der Waals surface area (Å²) in [6.45, 7) is 5.96. The summed E-state index contributed by atoms with van der Waals surface area (Å²) in [5.41, 5.74) is 1.92. The molecule has 0 fully saturated rings. The molecule has 3 heterocycles. The number of carbonyl (C=O) groups is 1. The van der Waals surface area contributed by atoms with Crippen molar-refractivity contribution in [1.29, 1.82) is 0 Å². The zero-order valence-electron chi connectivity index (χ0n) is 14.9. The first kappa shape index (κ1) is 17.7. The molecule has 6 heteroatoms. The summed E-state index contributed by atoms with van der Waals surface area (Å²) in [6, 6.07) is 10.2. The van der Waals surface area contributed by atoms with E-state index in [1.54, 1.807) is 24.4 Å². The summed E-state index contributed by atoms with van der Waals surface area (Å²) >= 11 is 0. The van der Waals surface area contributed by atoms with E-state index in [4.69, 9.17) is 4.42 Å². The number of aromatic nitrogens is 2. The van der Waals surface area contributed by atoms with Crippen LogP contribution in [0.5, 0.6) is 0 Å². The second-order valence-electron chi connectivity index (χ2n) is 6.49. The second kappa shape index (κ2) is 7.39. The van der Waals surface area contributed by atoms with Crippen LogP contribution in [0.4, 0.5) is 0 Å². The summed E-state index contributed by atoms with van der Waals surface area (Å²) in [7, 11) is 0. The van der Waals surface area contributed by atoms with Crippen LogP contribution in [-0.4, -0.2) is 15.9 Å². The first-order chi connectivity index (χ1) is 12.5. The Kier molecular flexibility index (Phi) is 5.02. The van der Waals surface area contributed by atoms with Gasteiger partial charge in [0.05, 0.1) is 23.7 Å². The highest BCUT2D eigenvalue weighted by molar-refractivity contribution is 5.94. The lowest BCUT2D eigenvalue weighted by Crippen LogP contribution is -2.35. The molecule has 6 nitrogen and oxygen atoms in total. The minimum absolute atomic E-state index is 0.0551. The van der Waals surface area contributed by atoms with Gasteiger partial charge in [0.2, 0.25) is 0 Å². The van der Waals surface area contributed by atoms with Gasteiger partial charge in [-0.3, -0.25) is 14.6 Å². The standard InChI is InChI=1S/C20H21N3O3/c1-12(2)17(18-13(3)6-4-10-21-18)23-20(25)14-8-9-15(22-19(14)24)16-7-5-11-26-16/h4-12,17H,1-3H3,(H,22,24)(H,23,25). The maximum absolute atomic E-state index is 12.7. The Morgan fingerprint density at radius 1 is 1.19 bits per heavy atom. The van der Waals surface area contributed by atoms with Crippen molar-refractivity contribution in [1.82, 2.24) is 15.3 Å². The highest BCUT2D eigenvalue weighted by atomic mass is 16.3. The van der Waals surface area contributed by atoms with Crippen LogP contribution in [0.25, 0.3) is 11.5 Å². The van der Waals surface area contributed by atoms with Gasteiger partial charge in [-0.2, -0.15) is 0 Å². The fourth-order valence-electron chi connectivity index (χ4n) is 2.82. The van der Waals surface area contributed by atoms with E-state index < -0.39 is 11.5 Å². The van der Waals surface area contributed by atoms with Crippen LogP contribution in [0.15, 0.2) is 58.1 Å². The number of H-pyrrole nitrogens is 1. The molecule has 3 aromatic rings. The van der Waals surface area contributed by atoms with E-state index in [9.17, 15) is 9.59 Å². The molecular weight excluding hydrogens is 330 g/mol. The van der Waals surface area contributed by atoms with Gasteiger partial charge in [0, 0.05) is 6.20 Å². The highest BCUT2D eigenvalue weighted by Gasteiger charge is 2.23. The molecule has 0 aliphatic carbocycles. The van der Waals surface area contributed by atoms with Gasteiger partial charge in [-0.25, -0.2) is 0 Å². The first-order valence-corrected chi connectivity index (χ1v) is 8.47. The normalized spacial score (nSPS) is 12.2. The lowest BCUT2D eigenvalue weighted by molar-refractivity contribution is 0.0922. The number of hydrogen-bond acceptors (Lipinski definition) is 4. The van der Waals surface area contributed by atoms with Crippen LogP contribution in [0.3, 0.4) is 0 Å². The Labute approximate surface area is 151 Å². The Morgan fingerprint density at radius 3 is 2.62 bits per heavy atom. The zero-order valence-corrected chi connectivity index (χ0v) is 14.9. The van der Waals surface area contributed by atoms with E-state index in [2.05, 4.69) is 15.3 Å². The third kappa shape index (κ3) is 3.59. The van der Waals surface area contributed by atoms with Crippen LogP contribution < -0.4 is 10.9 Å². The highest BCUT2D eigenvalue weighted by Crippen LogP contribution is 2.23. The minimum Gasteiger partial charge on any atom is -0.463 e. The Hall–Kier alpha value is -3.15. The molecule has 0 aliphatic rings. The first-order valence-electron chi connectivity index (χ1n) is 8.47. The maximum Gasteiger partial charge on any atom is 0.261 e. The molecule has 0 aromatic carbocycles. The van der Waals surface area contributed by atoms with E-state index in [-0.39, 0.29) is 17.5 Å². The maximum atomic E-state index is 12.7. The van der Waals surface area contributed by atoms with Crippen molar-refractivity contribution in [2.24, 2.45) is 5.92 Å². The molecule has 1 unspecified atom stereocenters. The number of pyridine rings is 2. The van der Waals surface area contributed by atoms with Gasteiger partial charge in [-0.15, -0.1) is 0 Å². The topological polar surface area (TPSA) is 88.0 Å². The number of rotatable bonds is 5. The molecule has 134 valence electrons. The summed E-state index contributed by atoms with van der Waals surface area (Å²) in [4.78, 5) is 32.1. The van der Waals surface area contributed by atoms with Crippen molar-refractivity contribution in [3.05, 3.63) is 76.0 Å². The van der Waals surface area contributed by atoms with Gasteiger partial charge in [0.25, 0.3) is 11.5 Å². The quantitative estimate of drug-likeness (QED) is 0.737. The monoisotopic (exact) mass is 351 g/mol. The third-order valence-electron chi connectivity index (χ3n) is 4.24. The van der Waals surface area contributed by atoms with Gasteiger partial charge in [-0.05, 0) is 48.7 Å². The average molecular weight is 351 g/mol. The van der Waals surface area contributed by atoms with E-state index >= 15 is 0 Å². The van der Waals surface area contributed by atoms with Crippen LogP contribution >= 0.6 is 0 Å². The molecule has 0 saturated carbocycles. The lowest BCUT2D eigenvalue weighted by atomic mass is 9.97. The molecule has 0 bridgehead atoms. The second-order valence-corrected chi connectivity index (χ2v) is 6.49. The molecule has 0 spiro atoms. The number of hydrogen-bond donors (Lipinski definition) is 2. The molecule has 0 aliphatic heterocycles. The van der Waals surface area contributed by atoms with E-state index in [1.165, 1.54) is 12.3 Å². The average Bonchev–Trinajstić information content (AvgIpc) is 3.14. The van der Waals surface area contributed by atoms with Crippen molar-refractivity contribution in [3.8, 4) is 11.5 Å². The lowest BCUT2D eigenvalue weighted by Gasteiger charge is -2.23. The summed E-state index contributed by atoms with van der Waals surface area (Å²) in [5.74, 6) is 0.230. The number of furan rings is 1. The molecule has 3 rings (SSSR count). The SMILES string of the molecule is Cc1cccnc1C(NC(=O)c1ccc(-c2ccco2)[nH]c1=O)C(C)C. The molecule has 1 atom stereocenters. The Morgan fingerprint density at radius 2 is 2.00 bits per heavy atom. The predicted molar refractivity (Wildman–Crippen MR) is 98.8 cm³/mol. The van der Waals surface area contributed by atoms with Crippen molar-refractivity contribution in [2.45, 2.75) is 26.8 Å². The zero-order chi connectivity index (χ0) is 18.7. The van der Waals surface area contributed by atoms with Gasteiger partial charge >= 0.3 is 0 Å². The summed E-state index contributed by atoms with van der Waals surface area (Å²) in [6.07, 6.45) is 3.23. The molecule has 2 N–H and O–H groups in total. The minimum atomic E-state index is -0.461. The fraction of sp³-hybridized carbons (Fsp3) is 0.250. The van der Waals surface area contributed by atoms with Crippen molar-refractivity contribution < 1.29 is 9.21 Å². The summed E-state index contributed by atoms with van der Waals surface area (Å²) < 4.78 is 5.26. The molecule has 26 heavy (non-hydrogen) atoms. The largest absolute Gasteiger partial charge is 0.463 e. The third-order valence-corrected chi connectivity index (χ3v) is 4.24. The number of carbonyl (C=O) groups excluding carboxylic acids is 1. The number of aromatic amines is 1. The Bertz CT molecular complexity index is 958.